The second-order valence-electron chi connectivity index (χ2n) is 6.04. The van der Waals surface area contributed by atoms with Gasteiger partial charge in [-0.3, -0.25) is 9.78 Å². The predicted octanol–water partition coefficient (Wildman–Crippen LogP) is 3.04. The van der Waals surface area contributed by atoms with Crippen molar-refractivity contribution < 1.29 is 0 Å². The minimum atomic E-state index is -0.240. The summed E-state index contributed by atoms with van der Waals surface area (Å²) in [5, 5.41) is 9.08. The van der Waals surface area contributed by atoms with Gasteiger partial charge in [0.25, 0.3) is 5.56 Å². The Bertz CT molecular complexity index is 1000. The van der Waals surface area contributed by atoms with Gasteiger partial charge in [-0.2, -0.15) is 10.2 Å². The van der Waals surface area contributed by atoms with Crippen LogP contribution in [-0.4, -0.2) is 26.0 Å². The molecule has 3 aromatic rings. The highest BCUT2D eigenvalue weighted by molar-refractivity contribution is 6.32. The summed E-state index contributed by atoms with van der Waals surface area (Å²) in [4.78, 5) is 18.1. The van der Waals surface area contributed by atoms with Crippen molar-refractivity contribution in [1.29, 1.82) is 0 Å². The molecular formula is C18H19ClN6O. The van der Waals surface area contributed by atoms with Gasteiger partial charge < -0.3 is 0 Å². The van der Waals surface area contributed by atoms with Gasteiger partial charge >= 0.3 is 0 Å². The van der Waals surface area contributed by atoms with E-state index in [1.807, 2.05) is 13.8 Å². The van der Waals surface area contributed by atoms with Gasteiger partial charge in [0.1, 0.15) is 5.15 Å². The molecular weight excluding hydrogens is 352 g/mol. The molecule has 26 heavy (non-hydrogen) atoms. The Labute approximate surface area is 155 Å². The highest BCUT2D eigenvalue weighted by atomic mass is 35.5. The van der Waals surface area contributed by atoms with Crippen molar-refractivity contribution >= 4 is 23.8 Å². The minimum absolute atomic E-state index is 0.240. The van der Waals surface area contributed by atoms with Crippen LogP contribution >= 0.6 is 11.6 Å². The fourth-order valence-electron chi connectivity index (χ4n) is 2.48. The lowest BCUT2D eigenvalue weighted by atomic mass is 10.1. The van der Waals surface area contributed by atoms with Gasteiger partial charge in [0.15, 0.2) is 0 Å². The molecule has 2 aromatic heterocycles. The van der Waals surface area contributed by atoms with E-state index < -0.39 is 0 Å². The summed E-state index contributed by atoms with van der Waals surface area (Å²) in [5.74, 6) is 0.270. The van der Waals surface area contributed by atoms with Gasteiger partial charge in [0, 0.05) is 11.8 Å². The number of hydrogen-bond acceptors (Lipinski definition) is 5. The van der Waals surface area contributed by atoms with Crippen LogP contribution in [0.3, 0.4) is 0 Å². The number of nitrogens with one attached hydrogen (secondary N) is 2. The van der Waals surface area contributed by atoms with E-state index in [0.717, 1.165) is 11.3 Å². The molecule has 1 aromatic carbocycles. The van der Waals surface area contributed by atoms with E-state index >= 15 is 0 Å². The highest BCUT2D eigenvalue weighted by Gasteiger charge is 2.12. The first-order valence-electron chi connectivity index (χ1n) is 8.08. The zero-order valence-corrected chi connectivity index (χ0v) is 15.5. The van der Waals surface area contributed by atoms with Crippen LogP contribution in [0.1, 0.15) is 28.1 Å². The van der Waals surface area contributed by atoms with Crippen molar-refractivity contribution in [2.75, 3.05) is 5.43 Å². The fraction of sp³-hybridized carbons (Fsp3) is 0.222. The maximum atomic E-state index is 11.4. The summed E-state index contributed by atoms with van der Waals surface area (Å²) in [6.07, 6.45) is 1.57. The number of aryl methyl sites for hydroxylation is 3. The Kier molecular flexibility index (Phi) is 5.18. The predicted molar refractivity (Wildman–Crippen MR) is 103 cm³/mol. The number of anilines is 1. The molecule has 0 aliphatic heterocycles. The van der Waals surface area contributed by atoms with E-state index in [4.69, 9.17) is 11.6 Å². The molecule has 7 nitrogen and oxygen atoms in total. The summed E-state index contributed by atoms with van der Waals surface area (Å²) >= 11 is 6.45. The summed E-state index contributed by atoms with van der Waals surface area (Å²) in [6.45, 7) is 6.23. The molecule has 2 heterocycles. The average Bonchev–Trinajstić information content (AvgIpc) is 2.83. The average molecular weight is 371 g/mol. The fourth-order valence-corrected chi connectivity index (χ4v) is 2.76. The Morgan fingerprint density at radius 1 is 1.27 bits per heavy atom. The Balaban J connectivity index is 1.77. The molecule has 0 amide bonds. The van der Waals surface area contributed by atoms with Crippen LogP contribution in [0.5, 0.6) is 0 Å². The second kappa shape index (κ2) is 7.53. The van der Waals surface area contributed by atoms with Crippen LogP contribution in [0.15, 0.2) is 40.2 Å². The molecule has 0 aliphatic rings. The molecule has 0 saturated heterocycles. The number of H-pyrrole nitrogens is 1. The maximum absolute atomic E-state index is 11.4. The molecule has 0 bridgehead atoms. The summed E-state index contributed by atoms with van der Waals surface area (Å²) in [5.41, 5.74) is 6.86. The Morgan fingerprint density at radius 2 is 2.00 bits per heavy atom. The van der Waals surface area contributed by atoms with Crippen LogP contribution in [0, 0.1) is 20.8 Å². The molecule has 134 valence electrons. The second-order valence-corrected chi connectivity index (χ2v) is 6.40. The quantitative estimate of drug-likeness (QED) is 0.533. The van der Waals surface area contributed by atoms with Gasteiger partial charge in [0.2, 0.25) is 5.95 Å². The lowest BCUT2D eigenvalue weighted by Crippen LogP contribution is -2.10. The van der Waals surface area contributed by atoms with Crippen molar-refractivity contribution in [1.82, 2.24) is 19.7 Å². The van der Waals surface area contributed by atoms with Gasteiger partial charge in [-0.15, -0.1) is 0 Å². The largest absolute Gasteiger partial charge is 0.291 e. The van der Waals surface area contributed by atoms with Crippen LogP contribution in [0.2, 0.25) is 5.15 Å². The summed E-state index contributed by atoms with van der Waals surface area (Å²) < 4.78 is 1.73. The number of aromatic amines is 1. The molecule has 0 atom stereocenters. The molecule has 8 heteroatoms. The third-order valence-electron chi connectivity index (χ3n) is 3.80. The first kappa shape index (κ1) is 17.9. The first-order valence-corrected chi connectivity index (χ1v) is 8.45. The van der Waals surface area contributed by atoms with E-state index in [1.54, 1.807) is 17.8 Å². The monoisotopic (exact) mass is 370 g/mol. The zero-order chi connectivity index (χ0) is 18.7. The maximum Gasteiger partial charge on any atom is 0.252 e. The topological polar surface area (TPSA) is 88.0 Å². The molecule has 0 saturated carbocycles. The van der Waals surface area contributed by atoms with E-state index in [2.05, 4.69) is 49.9 Å². The first-order chi connectivity index (χ1) is 12.4. The smallest absolute Gasteiger partial charge is 0.252 e. The van der Waals surface area contributed by atoms with Crippen molar-refractivity contribution in [3.8, 4) is 0 Å². The number of hydrogen-bond donors (Lipinski definition) is 2. The van der Waals surface area contributed by atoms with Gasteiger partial charge in [-0.05, 0) is 26.3 Å². The van der Waals surface area contributed by atoms with E-state index in [1.165, 1.54) is 11.6 Å². The highest BCUT2D eigenvalue weighted by Crippen LogP contribution is 2.19. The van der Waals surface area contributed by atoms with E-state index in [9.17, 15) is 4.79 Å². The zero-order valence-electron chi connectivity index (χ0n) is 14.7. The lowest BCUT2D eigenvalue weighted by Gasteiger charge is -2.04. The number of aromatic nitrogens is 4. The number of rotatable bonds is 5. The van der Waals surface area contributed by atoms with Crippen molar-refractivity contribution in [3.05, 3.63) is 73.9 Å². The van der Waals surface area contributed by atoms with Gasteiger partial charge in [-0.25, -0.2) is 15.1 Å². The molecule has 2 N–H and O–H groups in total. The third-order valence-corrected chi connectivity index (χ3v) is 4.19. The van der Waals surface area contributed by atoms with Crippen LogP contribution in [-0.2, 0) is 6.54 Å². The number of benzene rings is 1. The summed E-state index contributed by atoms with van der Waals surface area (Å²) in [6, 6.07) is 9.63. The molecule has 0 radical (unpaired) electrons. The van der Waals surface area contributed by atoms with Crippen molar-refractivity contribution in [3.63, 3.8) is 0 Å². The third kappa shape index (κ3) is 4.18. The van der Waals surface area contributed by atoms with Crippen LogP contribution in [0.25, 0.3) is 0 Å². The van der Waals surface area contributed by atoms with Crippen LogP contribution < -0.4 is 11.0 Å². The Hall–Kier alpha value is -2.93. The Morgan fingerprint density at radius 3 is 2.69 bits per heavy atom. The summed E-state index contributed by atoms with van der Waals surface area (Å²) in [7, 11) is 0. The van der Waals surface area contributed by atoms with Gasteiger partial charge in [-0.1, -0.05) is 41.4 Å². The number of halogens is 1. The molecule has 0 aliphatic carbocycles. The molecule has 0 unspecified atom stereocenters. The molecule has 3 rings (SSSR count). The standard InChI is InChI=1S/C18H19ClN6O/c1-11-4-6-14(7-5-11)10-25-17(19)15(13(3)24-25)9-20-23-18-21-12(2)8-16(26)22-18/h4-9H,10H2,1-3H3,(H2,21,22,23,26)/b20-9-. The lowest BCUT2D eigenvalue weighted by molar-refractivity contribution is 0.680. The normalized spacial score (nSPS) is 11.2. The van der Waals surface area contributed by atoms with E-state index in [-0.39, 0.29) is 11.5 Å². The van der Waals surface area contributed by atoms with E-state index in [0.29, 0.717) is 23.0 Å². The van der Waals surface area contributed by atoms with Crippen molar-refractivity contribution in [2.45, 2.75) is 27.3 Å². The molecule has 0 fully saturated rings. The number of hydrazone groups is 1. The van der Waals surface area contributed by atoms with Crippen molar-refractivity contribution in [2.24, 2.45) is 5.10 Å². The number of nitrogens with zero attached hydrogens (tertiary/aromatic N) is 4. The molecule has 0 spiro atoms. The SMILES string of the molecule is Cc1ccc(Cn2nc(C)c(/C=N\Nc3nc(C)cc(=O)[nH]3)c2Cl)cc1. The van der Waals surface area contributed by atoms with Crippen LogP contribution in [0.4, 0.5) is 5.95 Å². The minimum Gasteiger partial charge on any atom is -0.291 e. The van der Waals surface area contributed by atoms with Gasteiger partial charge in [0.05, 0.1) is 24.0 Å².